The Balaban J connectivity index is 4.68. The molecule has 0 rings (SSSR count). The Hall–Kier alpha value is -0.00558. The molecule has 11 heavy (non-hydrogen) atoms. The molecular weight excluding hydrogens is 175 g/mol. The molecule has 1 nitrogen and oxygen atoms in total. The standard InChI is InChI=1S/C9H16O.V/c1-6(2)8(5)9(10)7(3)4;/h5-7,10H,1-4H3;. The zero-order chi connectivity index (χ0) is 9.02. The fraction of sp³-hybridized carbons (Fsp3) is 0.667. The van der Waals surface area contributed by atoms with Crippen LogP contribution in [-0.2, 0) is 17.0 Å². The molecule has 0 aliphatic heterocycles. The molecule has 0 bridgehead atoms. The molecule has 0 spiro atoms. The molecule has 0 aromatic rings. The second-order valence-corrected chi connectivity index (χ2v) is 3.68. The van der Waals surface area contributed by atoms with Crippen LogP contribution in [0.2, 0.25) is 0 Å². The van der Waals surface area contributed by atoms with E-state index < -0.39 is 0 Å². The SMILES string of the molecule is CC(C)C(O)=C([CH]=[V])C(C)C. The zero-order valence-electron chi connectivity index (χ0n) is 7.63. The van der Waals surface area contributed by atoms with Gasteiger partial charge in [0.1, 0.15) is 0 Å². The van der Waals surface area contributed by atoms with Crippen molar-refractivity contribution in [2.45, 2.75) is 27.7 Å². The minimum atomic E-state index is 0.229. The van der Waals surface area contributed by atoms with E-state index in [4.69, 9.17) is 0 Å². The van der Waals surface area contributed by atoms with E-state index in [1.807, 2.05) is 18.6 Å². The fourth-order valence-corrected chi connectivity index (χ4v) is 1.52. The Morgan fingerprint density at radius 3 is 1.73 bits per heavy atom. The van der Waals surface area contributed by atoms with Gasteiger partial charge in [0.2, 0.25) is 0 Å². The van der Waals surface area contributed by atoms with E-state index in [2.05, 4.69) is 30.8 Å². The minimum absolute atomic E-state index is 0.229. The summed E-state index contributed by atoms with van der Waals surface area (Å²) in [5.74, 6) is 1.15. The van der Waals surface area contributed by atoms with E-state index in [0.717, 1.165) is 5.57 Å². The molecule has 0 heterocycles. The van der Waals surface area contributed by atoms with Gasteiger partial charge in [-0.15, -0.1) is 0 Å². The van der Waals surface area contributed by atoms with Crippen LogP contribution in [0.3, 0.4) is 0 Å². The van der Waals surface area contributed by atoms with E-state index in [0.29, 0.717) is 11.7 Å². The van der Waals surface area contributed by atoms with E-state index >= 15 is 0 Å². The van der Waals surface area contributed by atoms with Crippen LogP contribution in [0.4, 0.5) is 0 Å². The van der Waals surface area contributed by atoms with Crippen molar-refractivity contribution < 1.29 is 22.1 Å². The first-order valence-electron chi connectivity index (χ1n) is 3.91. The normalized spacial score (nSPS) is 13.5. The third-order valence-electron chi connectivity index (χ3n) is 1.60. The molecule has 0 unspecified atom stereocenters. The average Bonchev–Trinajstić information content (AvgIpc) is 1.88. The molecule has 0 saturated heterocycles. The second-order valence-electron chi connectivity index (χ2n) is 3.28. The molecular formula is C9H16OV. The van der Waals surface area contributed by atoms with Gasteiger partial charge >= 0.3 is 77.7 Å². The summed E-state index contributed by atoms with van der Waals surface area (Å²) in [6.07, 6.45) is 0. The van der Waals surface area contributed by atoms with Gasteiger partial charge in [-0.05, 0) is 0 Å². The van der Waals surface area contributed by atoms with Crippen molar-refractivity contribution >= 4 is 4.73 Å². The molecule has 0 fully saturated rings. The summed E-state index contributed by atoms with van der Waals surface area (Å²) in [6.45, 7) is 8.15. The molecule has 0 atom stereocenters. The molecule has 0 aliphatic carbocycles. The number of allylic oxidation sites excluding steroid dienone is 2. The van der Waals surface area contributed by atoms with Crippen LogP contribution in [0.1, 0.15) is 27.7 Å². The van der Waals surface area contributed by atoms with Crippen molar-refractivity contribution in [3.8, 4) is 0 Å². The monoisotopic (exact) mass is 191 g/mol. The molecule has 0 aliphatic rings. The van der Waals surface area contributed by atoms with Crippen LogP contribution in [0.5, 0.6) is 0 Å². The number of aliphatic hydroxyl groups excluding tert-OH is 1. The summed E-state index contributed by atoms with van der Waals surface area (Å²) in [6, 6.07) is 0. The van der Waals surface area contributed by atoms with Crippen molar-refractivity contribution in [2.24, 2.45) is 11.8 Å². The van der Waals surface area contributed by atoms with Gasteiger partial charge < -0.3 is 0 Å². The van der Waals surface area contributed by atoms with Gasteiger partial charge in [-0.2, -0.15) is 0 Å². The second kappa shape index (κ2) is 4.79. The van der Waals surface area contributed by atoms with Crippen molar-refractivity contribution in [1.29, 1.82) is 0 Å². The van der Waals surface area contributed by atoms with Crippen LogP contribution in [0.15, 0.2) is 11.3 Å². The van der Waals surface area contributed by atoms with Gasteiger partial charge in [-0.3, -0.25) is 0 Å². The summed E-state index contributed by atoms with van der Waals surface area (Å²) < 4.78 is 1.92. The molecule has 0 aromatic carbocycles. The van der Waals surface area contributed by atoms with Crippen LogP contribution in [0, 0.1) is 11.8 Å². The quantitative estimate of drug-likeness (QED) is 0.679. The molecule has 0 amide bonds. The zero-order valence-corrected chi connectivity index (χ0v) is 9.02. The van der Waals surface area contributed by atoms with Gasteiger partial charge in [-0.25, -0.2) is 0 Å². The topological polar surface area (TPSA) is 20.2 Å². The third kappa shape index (κ3) is 3.26. The van der Waals surface area contributed by atoms with Crippen molar-refractivity contribution in [1.82, 2.24) is 0 Å². The molecule has 0 saturated carbocycles. The predicted molar refractivity (Wildman–Crippen MR) is 45.4 cm³/mol. The van der Waals surface area contributed by atoms with Gasteiger partial charge in [0.05, 0.1) is 0 Å². The number of aliphatic hydroxyl groups is 1. The number of rotatable bonds is 3. The van der Waals surface area contributed by atoms with Crippen molar-refractivity contribution in [3.05, 3.63) is 11.3 Å². The van der Waals surface area contributed by atoms with Crippen molar-refractivity contribution in [3.63, 3.8) is 0 Å². The Morgan fingerprint density at radius 1 is 1.18 bits per heavy atom. The first-order valence-corrected chi connectivity index (χ1v) is 4.71. The van der Waals surface area contributed by atoms with Gasteiger partial charge in [-0.1, -0.05) is 0 Å². The average molecular weight is 191 g/mol. The summed E-state index contributed by atoms with van der Waals surface area (Å²) in [5.41, 5.74) is 1.04. The van der Waals surface area contributed by atoms with Crippen LogP contribution in [-0.4, -0.2) is 9.84 Å². The maximum atomic E-state index is 9.60. The maximum absolute atomic E-state index is 9.60. The Morgan fingerprint density at radius 2 is 1.64 bits per heavy atom. The first kappa shape index (κ1) is 11.0. The molecule has 0 radical (unpaired) electrons. The van der Waals surface area contributed by atoms with Gasteiger partial charge in [0, 0.05) is 0 Å². The van der Waals surface area contributed by atoms with E-state index in [-0.39, 0.29) is 5.92 Å². The predicted octanol–water partition coefficient (Wildman–Crippen LogP) is 2.46. The van der Waals surface area contributed by atoms with Gasteiger partial charge in [0.15, 0.2) is 0 Å². The molecule has 63 valence electrons. The van der Waals surface area contributed by atoms with Crippen LogP contribution < -0.4 is 0 Å². The van der Waals surface area contributed by atoms with E-state index in [1.54, 1.807) is 0 Å². The first-order chi connectivity index (χ1) is 5.00. The Labute approximate surface area is 78.0 Å². The Kier molecular flexibility index (Phi) is 4.79. The van der Waals surface area contributed by atoms with E-state index in [1.165, 1.54) is 0 Å². The summed E-state index contributed by atoms with van der Waals surface area (Å²) >= 11 is 2.39. The summed E-state index contributed by atoms with van der Waals surface area (Å²) in [5, 5.41) is 9.60. The van der Waals surface area contributed by atoms with Crippen LogP contribution in [0.25, 0.3) is 0 Å². The number of hydrogen-bond donors (Lipinski definition) is 1. The van der Waals surface area contributed by atoms with E-state index in [9.17, 15) is 5.11 Å². The summed E-state index contributed by atoms with van der Waals surface area (Å²) in [4.78, 5) is 0. The molecule has 1 N–H and O–H groups in total. The molecule has 2 heteroatoms. The number of hydrogen-bond acceptors (Lipinski definition) is 1. The van der Waals surface area contributed by atoms with Crippen LogP contribution >= 0.6 is 0 Å². The van der Waals surface area contributed by atoms with Crippen molar-refractivity contribution in [2.75, 3.05) is 0 Å². The third-order valence-corrected chi connectivity index (χ3v) is 2.04. The molecule has 0 aromatic heterocycles. The Bertz CT molecular complexity index is 168. The van der Waals surface area contributed by atoms with Gasteiger partial charge in [0.25, 0.3) is 0 Å². The summed E-state index contributed by atoms with van der Waals surface area (Å²) in [7, 11) is 0. The fourth-order valence-electron chi connectivity index (χ4n) is 0.844.